The molecule has 0 amide bonds. The Balaban J connectivity index is 1.60. The molecule has 126 valence electrons. The van der Waals surface area contributed by atoms with Crippen molar-refractivity contribution in [2.45, 2.75) is 25.4 Å². The van der Waals surface area contributed by atoms with Gasteiger partial charge in [-0.15, -0.1) is 0 Å². The average molecular weight is 351 g/mol. The van der Waals surface area contributed by atoms with E-state index in [0.29, 0.717) is 18.5 Å². The van der Waals surface area contributed by atoms with E-state index in [9.17, 15) is 0 Å². The average Bonchev–Trinajstić information content (AvgIpc) is 3.46. The van der Waals surface area contributed by atoms with Gasteiger partial charge in [-0.2, -0.15) is 4.98 Å². The molecule has 4 rings (SSSR count). The quantitative estimate of drug-likeness (QED) is 0.658. The Kier molecular flexibility index (Phi) is 4.53. The lowest BCUT2D eigenvalue weighted by molar-refractivity contribution is 1.04. The number of hydrogen-bond donors (Lipinski definition) is 2. The van der Waals surface area contributed by atoms with Gasteiger partial charge in [0, 0.05) is 29.2 Å². The molecule has 1 fully saturated rings. The van der Waals surface area contributed by atoms with Gasteiger partial charge in [0.25, 0.3) is 0 Å². The Morgan fingerprint density at radius 2 is 1.72 bits per heavy atom. The normalized spacial score (nSPS) is 13.5. The van der Waals surface area contributed by atoms with Gasteiger partial charge in [-0.3, -0.25) is 0 Å². The van der Waals surface area contributed by atoms with Crippen LogP contribution in [0.3, 0.4) is 0 Å². The van der Waals surface area contributed by atoms with Gasteiger partial charge in [0.2, 0.25) is 5.95 Å². The summed E-state index contributed by atoms with van der Waals surface area (Å²) >= 11 is 6.24. The van der Waals surface area contributed by atoms with Crippen LogP contribution < -0.4 is 10.6 Å². The fourth-order valence-electron chi connectivity index (χ4n) is 2.60. The van der Waals surface area contributed by atoms with Gasteiger partial charge < -0.3 is 10.6 Å². The number of halogens is 1. The van der Waals surface area contributed by atoms with Crippen LogP contribution >= 0.6 is 11.6 Å². The molecule has 2 N–H and O–H groups in total. The first-order chi connectivity index (χ1) is 12.3. The fraction of sp³-hybridized carbons (Fsp3) is 0.200. The maximum Gasteiger partial charge on any atom is 0.225 e. The Labute approximate surface area is 152 Å². The minimum atomic E-state index is 0.502. The molecule has 3 aromatic rings. The van der Waals surface area contributed by atoms with Crippen LogP contribution in [-0.2, 0) is 6.54 Å². The number of anilines is 2. The largest absolute Gasteiger partial charge is 0.366 e. The van der Waals surface area contributed by atoms with E-state index in [1.807, 2.05) is 48.5 Å². The molecule has 25 heavy (non-hydrogen) atoms. The topological polar surface area (TPSA) is 49.8 Å². The first-order valence-electron chi connectivity index (χ1n) is 8.46. The number of benzene rings is 2. The highest BCUT2D eigenvalue weighted by Crippen LogP contribution is 2.26. The Hall–Kier alpha value is -2.59. The summed E-state index contributed by atoms with van der Waals surface area (Å²) < 4.78 is 0. The van der Waals surface area contributed by atoms with Crippen molar-refractivity contribution in [1.29, 1.82) is 0 Å². The van der Waals surface area contributed by atoms with Gasteiger partial charge in [-0.05, 0) is 24.5 Å². The van der Waals surface area contributed by atoms with E-state index in [2.05, 4.69) is 32.7 Å². The van der Waals surface area contributed by atoms with Crippen molar-refractivity contribution >= 4 is 23.4 Å². The van der Waals surface area contributed by atoms with E-state index in [0.717, 1.165) is 27.7 Å². The van der Waals surface area contributed by atoms with Crippen LogP contribution in [0.2, 0.25) is 5.02 Å². The predicted molar refractivity (Wildman–Crippen MR) is 103 cm³/mol. The van der Waals surface area contributed by atoms with E-state index >= 15 is 0 Å². The van der Waals surface area contributed by atoms with Crippen molar-refractivity contribution in [1.82, 2.24) is 9.97 Å². The lowest BCUT2D eigenvalue weighted by Gasteiger charge is -2.12. The second-order valence-corrected chi connectivity index (χ2v) is 6.60. The zero-order chi connectivity index (χ0) is 17.1. The monoisotopic (exact) mass is 350 g/mol. The minimum absolute atomic E-state index is 0.502. The standard InChI is InChI=1S/C20H19ClN4/c21-17-9-5-4-8-15(17)13-22-19-12-18(14-6-2-1-3-7-14)24-20(25-19)23-16-10-11-16/h1-9,12,16H,10-11,13H2,(H2,22,23,24,25). The highest BCUT2D eigenvalue weighted by molar-refractivity contribution is 6.31. The highest BCUT2D eigenvalue weighted by atomic mass is 35.5. The first kappa shape index (κ1) is 15.9. The van der Waals surface area contributed by atoms with Gasteiger partial charge in [0.05, 0.1) is 5.69 Å². The van der Waals surface area contributed by atoms with E-state index in [-0.39, 0.29) is 0 Å². The lowest BCUT2D eigenvalue weighted by Crippen LogP contribution is -2.09. The maximum atomic E-state index is 6.24. The summed E-state index contributed by atoms with van der Waals surface area (Å²) in [4.78, 5) is 9.28. The molecule has 0 aliphatic heterocycles. The number of nitrogens with one attached hydrogen (secondary N) is 2. The molecule has 2 aromatic carbocycles. The van der Waals surface area contributed by atoms with E-state index in [1.165, 1.54) is 12.8 Å². The summed E-state index contributed by atoms with van der Waals surface area (Å²) in [6.07, 6.45) is 2.36. The lowest BCUT2D eigenvalue weighted by atomic mass is 10.1. The summed E-state index contributed by atoms with van der Waals surface area (Å²) in [6, 6.07) is 20.5. The molecule has 0 bridgehead atoms. The summed E-state index contributed by atoms with van der Waals surface area (Å²) in [7, 11) is 0. The Morgan fingerprint density at radius 3 is 2.48 bits per heavy atom. The third-order valence-electron chi connectivity index (χ3n) is 4.12. The molecule has 1 heterocycles. The van der Waals surface area contributed by atoms with Crippen LogP contribution in [0.15, 0.2) is 60.7 Å². The van der Waals surface area contributed by atoms with Crippen LogP contribution in [0, 0.1) is 0 Å². The van der Waals surface area contributed by atoms with Gasteiger partial charge in [0.15, 0.2) is 0 Å². The fourth-order valence-corrected chi connectivity index (χ4v) is 2.80. The van der Waals surface area contributed by atoms with Crippen LogP contribution in [-0.4, -0.2) is 16.0 Å². The molecule has 1 saturated carbocycles. The molecule has 1 aliphatic carbocycles. The second kappa shape index (κ2) is 7.11. The number of rotatable bonds is 6. The number of nitrogens with zero attached hydrogens (tertiary/aromatic N) is 2. The minimum Gasteiger partial charge on any atom is -0.366 e. The third kappa shape index (κ3) is 4.09. The van der Waals surface area contributed by atoms with E-state index < -0.39 is 0 Å². The third-order valence-corrected chi connectivity index (χ3v) is 4.49. The van der Waals surface area contributed by atoms with Crippen molar-refractivity contribution in [3.63, 3.8) is 0 Å². The molecule has 0 radical (unpaired) electrons. The maximum absolute atomic E-state index is 6.24. The predicted octanol–water partition coefficient (Wildman–Crippen LogP) is 4.98. The van der Waals surface area contributed by atoms with Crippen molar-refractivity contribution in [2.24, 2.45) is 0 Å². The molecular formula is C20H19ClN4. The van der Waals surface area contributed by atoms with Crippen LogP contribution in [0.1, 0.15) is 18.4 Å². The molecule has 0 saturated heterocycles. The summed E-state index contributed by atoms with van der Waals surface area (Å²) in [5, 5.41) is 7.51. The molecule has 1 aliphatic rings. The van der Waals surface area contributed by atoms with Crippen LogP contribution in [0.25, 0.3) is 11.3 Å². The molecule has 0 unspecified atom stereocenters. The van der Waals surface area contributed by atoms with Gasteiger partial charge in [-0.25, -0.2) is 4.98 Å². The second-order valence-electron chi connectivity index (χ2n) is 6.19. The number of aromatic nitrogens is 2. The highest BCUT2D eigenvalue weighted by Gasteiger charge is 2.22. The first-order valence-corrected chi connectivity index (χ1v) is 8.84. The Morgan fingerprint density at radius 1 is 0.960 bits per heavy atom. The molecule has 0 atom stereocenters. The van der Waals surface area contributed by atoms with Gasteiger partial charge in [0.1, 0.15) is 5.82 Å². The molecular weight excluding hydrogens is 332 g/mol. The molecule has 1 aromatic heterocycles. The van der Waals surface area contributed by atoms with Gasteiger partial charge >= 0.3 is 0 Å². The van der Waals surface area contributed by atoms with Crippen LogP contribution in [0.5, 0.6) is 0 Å². The van der Waals surface area contributed by atoms with Crippen molar-refractivity contribution in [3.05, 3.63) is 71.2 Å². The number of hydrogen-bond acceptors (Lipinski definition) is 4. The van der Waals surface area contributed by atoms with Crippen LogP contribution in [0.4, 0.5) is 11.8 Å². The zero-order valence-corrected chi connectivity index (χ0v) is 14.5. The van der Waals surface area contributed by atoms with Crippen molar-refractivity contribution < 1.29 is 0 Å². The molecule has 0 spiro atoms. The smallest absolute Gasteiger partial charge is 0.225 e. The SMILES string of the molecule is Clc1ccccc1CNc1cc(-c2ccccc2)nc(NC2CC2)n1. The van der Waals surface area contributed by atoms with Crippen molar-refractivity contribution in [3.8, 4) is 11.3 Å². The summed E-state index contributed by atoms with van der Waals surface area (Å²) in [6.45, 7) is 0.619. The molecule has 4 nitrogen and oxygen atoms in total. The Bertz CT molecular complexity index is 863. The van der Waals surface area contributed by atoms with E-state index in [4.69, 9.17) is 11.6 Å². The van der Waals surface area contributed by atoms with Crippen molar-refractivity contribution in [2.75, 3.05) is 10.6 Å². The van der Waals surface area contributed by atoms with E-state index in [1.54, 1.807) is 0 Å². The summed E-state index contributed by atoms with van der Waals surface area (Å²) in [5.41, 5.74) is 3.02. The zero-order valence-electron chi connectivity index (χ0n) is 13.7. The van der Waals surface area contributed by atoms with Gasteiger partial charge in [-0.1, -0.05) is 60.1 Å². The summed E-state index contributed by atoms with van der Waals surface area (Å²) in [5.74, 6) is 1.46. The molecule has 5 heteroatoms.